The smallest absolute Gasteiger partial charge is 0.289 e. The molecule has 3 aromatic carbocycles. The average molecular weight is 554 g/mol. The molecule has 1 atom stereocenters. The van der Waals surface area contributed by atoms with Crippen LogP contribution in [0.4, 0.5) is 14.5 Å². The molecular formula is C22H18BrF2N3O5S. The molecular weight excluding hydrogens is 536 g/mol. The Morgan fingerprint density at radius 1 is 1.15 bits per heavy atom. The number of halogens is 3. The number of nitro groups is 1. The Hall–Kier alpha value is -3.22. The molecule has 8 nitrogen and oxygen atoms in total. The van der Waals surface area contributed by atoms with Crippen LogP contribution < -0.4 is 5.73 Å². The molecule has 0 bridgehead atoms. The Balaban J connectivity index is 2.15. The van der Waals surface area contributed by atoms with Crippen LogP contribution in [-0.4, -0.2) is 37.1 Å². The van der Waals surface area contributed by atoms with E-state index in [0.29, 0.717) is 4.47 Å². The summed E-state index contributed by atoms with van der Waals surface area (Å²) < 4.78 is 57.0. The monoisotopic (exact) mass is 553 g/mol. The van der Waals surface area contributed by atoms with E-state index >= 15 is 4.39 Å². The summed E-state index contributed by atoms with van der Waals surface area (Å²) in [5.41, 5.74) is 4.31. The third-order valence-electron chi connectivity index (χ3n) is 5.15. The number of benzene rings is 3. The topological polar surface area (TPSA) is 124 Å². The molecule has 3 rings (SSSR count). The quantitative estimate of drug-likeness (QED) is 0.331. The molecule has 178 valence electrons. The fourth-order valence-electron chi connectivity index (χ4n) is 3.52. The first-order valence-electron chi connectivity index (χ1n) is 9.67. The molecule has 34 heavy (non-hydrogen) atoms. The van der Waals surface area contributed by atoms with Gasteiger partial charge in [-0.2, -0.15) is 4.31 Å². The average Bonchev–Trinajstić information content (AvgIpc) is 2.76. The minimum Gasteiger partial charge on any atom is -0.366 e. The number of nitro benzene ring substituents is 1. The molecule has 0 aromatic heterocycles. The number of hydrogen-bond acceptors (Lipinski definition) is 5. The van der Waals surface area contributed by atoms with E-state index in [0.717, 1.165) is 22.5 Å². The van der Waals surface area contributed by atoms with Gasteiger partial charge in [0.2, 0.25) is 10.0 Å². The van der Waals surface area contributed by atoms with Crippen molar-refractivity contribution in [1.82, 2.24) is 4.31 Å². The summed E-state index contributed by atoms with van der Waals surface area (Å²) in [5.74, 6) is -3.75. The van der Waals surface area contributed by atoms with Gasteiger partial charge >= 0.3 is 0 Å². The highest BCUT2D eigenvalue weighted by Gasteiger charge is 2.32. The first-order chi connectivity index (χ1) is 15.9. The maximum atomic E-state index is 15.2. The lowest BCUT2D eigenvalue weighted by molar-refractivity contribution is -0.387. The van der Waals surface area contributed by atoms with E-state index in [-0.39, 0.29) is 11.1 Å². The second-order valence-electron chi connectivity index (χ2n) is 7.34. The molecule has 0 saturated carbocycles. The molecule has 0 unspecified atom stereocenters. The minimum absolute atomic E-state index is 0.0987. The van der Waals surface area contributed by atoms with Gasteiger partial charge in [-0.3, -0.25) is 14.9 Å². The number of nitrogens with two attached hydrogens (primary N) is 1. The number of nitrogens with zero attached hydrogens (tertiary/aromatic N) is 2. The van der Waals surface area contributed by atoms with E-state index in [9.17, 15) is 27.7 Å². The third kappa shape index (κ3) is 5.13. The van der Waals surface area contributed by atoms with Crippen molar-refractivity contribution >= 4 is 37.5 Å². The molecule has 0 saturated heterocycles. The highest BCUT2D eigenvalue weighted by molar-refractivity contribution is 9.10. The lowest BCUT2D eigenvalue weighted by atomic mass is 9.89. The largest absolute Gasteiger partial charge is 0.366 e. The molecule has 3 aromatic rings. The van der Waals surface area contributed by atoms with Crippen LogP contribution in [0.3, 0.4) is 0 Å². The Kier molecular flexibility index (Phi) is 7.44. The van der Waals surface area contributed by atoms with Gasteiger partial charge in [0.25, 0.3) is 11.6 Å². The zero-order chi connectivity index (χ0) is 25.2. The van der Waals surface area contributed by atoms with Gasteiger partial charge in [-0.05, 0) is 41.5 Å². The maximum absolute atomic E-state index is 15.2. The van der Waals surface area contributed by atoms with E-state index in [1.807, 2.05) is 0 Å². The van der Waals surface area contributed by atoms with Crippen LogP contribution in [0.1, 0.15) is 27.4 Å². The lowest BCUT2D eigenvalue weighted by Gasteiger charge is -2.25. The molecule has 0 aliphatic rings. The number of hydrogen-bond donors (Lipinski definition) is 1. The van der Waals surface area contributed by atoms with Crippen LogP contribution in [-0.2, 0) is 10.0 Å². The zero-order valence-electron chi connectivity index (χ0n) is 17.6. The zero-order valence-corrected chi connectivity index (χ0v) is 20.0. The molecule has 0 spiro atoms. The van der Waals surface area contributed by atoms with Crippen molar-refractivity contribution < 1.29 is 26.9 Å². The van der Waals surface area contributed by atoms with Gasteiger partial charge in [-0.25, -0.2) is 17.2 Å². The highest BCUT2D eigenvalue weighted by Crippen LogP contribution is 2.33. The summed E-state index contributed by atoms with van der Waals surface area (Å²) in [5, 5.41) is 11.4. The summed E-state index contributed by atoms with van der Waals surface area (Å²) in [6.45, 7) is -0.427. The van der Waals surface area contributed by atoms with Crippen LogP contribution in [0.15, 0.2) is 70.0 Å². The van der Waals surface area contributed by atoms with Crippen molar-refractivity contribution in [2.45, 2.75) is 10.8 Å². The van der Waals surface area contributed by atoms with Crippen LogP contribution in [0.5, 0.6) is 0 Å². The van der Waals surface area contributed by atoms with Crippen molar-refractivity contribution in [3.8, 4) is 0 Å². The molecule has 1 amide bonds. The first kappa shape index (κ1) is 25.4. The number of primary amides is 1. The van der Waals surface area contributed by atoms with Gasteiger partial charge < -0.3 is 5.73 Å². The van der Waals surface area contributed by atoms with E-state index < -0.39 is 61.1 Å². The van der Waals surface area contributed by atoms with E-state index in [4.69, 9.17) is 5.73 Å². The van der Waals surface area contributed by atoms with Gasteiger partial charge in [-0.1, -0.05) is 40.2 Å². The van der Waals surface area contributed by atoms with Crippen LogP contribution in [0.2, 0.25) is 0 Å². The lowest BCUT2D eigenvalue weighted by Crippen LogP contribution is -2.32. The number of likely N-dealkylation sites (N-methyl/N-ethyl adjacent to an activating group) is 1. The van der Waals surface area contributed by atoms with E-state index in [1.165, 1.54) is 49.5 Å². The standard InChI is InChI=1S/C22H18BrF2N3O5S/c1-27(34(32,33)20-8-3-2-7-19(20)28(30)31)12-18(13-9-14(23)11-15(24)10-13)16-5-4-6-17(21(16)25)22(26)29/h2-11,18H,12H2,1H3,(H2,26,29)/t18-/m0/s1. The Labute approximate surface area is 202 Å². The summed E-state index contributed by atoms with van der Waals surface area (Å²) >= 11 is 3.16. The Morgan fingerprint density at radius 3 is 2.44 bits per heavy atom. The second kappa shape index (κ2) is 9.95. The van der Waals surface area contributed by atoms with Crippen molar-refractivity contribution in [3.05, 3.63) is 104 Å². The minimum atomic E-state index is -4.41. The van der Waals surface area contributed by atoms with Gasteiger partial charge in [0.05, 0.1) is 10.5 Å². The number of carbonyl (C=O) groups is 1. The summed E-state index contributed by atoms with van der Waals surface area (Å²) in [7, 11) is -3.24. The molecule has 2 N–H and O–H groups in total. The van der Waals surface area contributed by atoms with Crippen molar-refractivity contribution in [3.63, 3.8) is 0 Å². The molecule has 0 heterocycles. The molecule has 12 heteroatoms. The first-order valence-corrected chi connectivity index (χ1v) is 11.9. The fourth-order valence-corrected chi connectivity index (χ4v) is 5.34. The van der Waals surface area contributed by atoms with Gasteiger partial charge in [0.1, 0.15) is 11.6 Å². The highest BCUT2D eigenvalue weighted by atomic mass is 79.9. The second-order valence-corrected chi connectivity index (χ2v) is 10.3. The molecule has 0 aliphatic carbocycles. The van der Waals surface area contributed by atoms with E-state index in [1.54, 1.807) is 0 Å². The fraction of sp³-hybridized carbons (Fsp3) is 0.136. The number of para-hydroxylation sites is 1. The predicted octanol–water partition coefficient (Wildman–Crippen LogP) is 4.19. The SMILES string of the molecule is CN(C[C@@H](c1cc(F)cc(Br)c1)c1cccc(C(N)=O)c1F)S(=O)(=O)c1ccccc1[N+](=O)[O-]. The molecule has 0 aliphatic heterocycles. The number of rotatable bonds is 8. The van der Waals surface area contributed by atoms with Crippen molar-refractivity contribution in [2.24, 2.45) is 5.73 Å². The number of amides is 1. The summed E-state index contributed by atoms with van der Waals surface area (Å²) in [6, 6.07) is 12.4. The van der Waals surface area contributed by atoms with Gasteiger partial charge in [0.15, 0.2) is 4.90 Å². The number of carbonyl (C=O) groups excluding carboxylic acids is 1. The Morgan fingerprint density at radius 2 is 1.82 bits per heavy atom. The van der Waals surface area contributed by atoms with Crippen LogP contribution in [0, 0.1) is 21.7 Å². The van der Waals surface area contributed by atoms with Gasteiger partial charge in [-0.15, -0.1) is 0 Å². The Bertz CT molecular complexity index is 1360. The number of sulfonamides is 1. The third-order valence-corrected chi connectivity index (χ3v) is 7.48. The molecule has 0 radical (unpaired) electrons. The normalized spacial score (nSPS) is 12.5. The molecule has 0 fully saturated rings. The van der Waals surface area contributed by atoms with Crippen LogP contribution >= 0.6 is 15.9 Å². The van der Waals surface area contributed by atoms with Crippen molar-refractivity contribution in [2.75, 3.05) is 13.6 Å². The van der Waals surface area contributed by atoms with Crippen molar-refractivity contribution in [1.29, 1.82) is 0 Å². The summed E-state index contributed by atoms with van der Waals surface area (Å²) in [4.78, 5) is 21.6. The summed E-state index contributed by atoms with van der Waals surface area (Å²) in [6.07, 6.45) is 0. The van der Waals surface area contributed by atoms with E-state index in [2.05, 4.69) is 15.9 Å². The predicted molar refractivity (Wildman–Crippen MR) is 124 cm³/mol. The van der Waals surface area contributed by atoms with Crippen LogP contribution in [0.25, 0.3) is 0 Å². The van der Waals surface area contributed by atoms with Gasteiger partial charge in [0, 0.05) is 30.0 Å². The maximum Gasteiger partial charge on any atom is 0.289 e.